The van der Waals surface area contributed by atoms with E-state index in [-0.39, 0.29) is 6.04 Å². The van der Waals surface area contributed by atoms with Gasteiger partial charge >= 0.3 is 0 Å². The van der Waals surface area contributed by atoms with E-state index in [4.69, 9.17) is 17.3 Å². The van der Waals surface area contributed by atoms with Crippen molar-refractivity contribution in [2.75, 3.05) is 31.6 Å². The lowest BCUT2D eigenvalue weighted by Gasteiger charge is -2.41. The molecule has 2 rings (SSSR count). The fourth-order valence-electron chi connectivity index (χ4n) is 2.92. The van der Waals surface area contributed by atoms with Crippen molar-refractivity contribution in [1.29, 1.82) is 0 Å². The molecule has 1 aliphatic heterocycles. The Hall–Kier alpha value is -0.770. The molecular weight excluding hydrogens is 270 g/mol. The smallest absolute Gasteiger partial charge is 0.0459 e. The van der Waals surface area contributed by atoms with Crippen molar-refractivity contribution in [1.82, 2.24) is 4.90 Å². The topological polar surface area (TPSA) is 32.5 Å². The molecule has 0 amide bonds. The summed E-state index contributed by atoms with van der Waals surface area (Å²) in [5, 5.41) is 0.845. The molecule has 0 radical (unpaired) electrons. The molecule has 1 fully saturated rings. The fourth-order valence-corrected chi connectivity index (χ4v) is 3.17. The van der Waals surface area contributed by atoms with Crippen LogP contribution < -0.4 is 10.6 Å². The van der Waals surface area contributed by atoms with E-state index in [1.807, 2.05) is 12.1 Å². The second-order valence-corrected chi connectivity index (χ2v) is 6.32. The molecule has 0 aliphatic carbocycles. The summed E-state index contributed by atoms with van der Waals surface area (Å²) >= 11 is 6.43. The van der Waals surface area contributed by atoms with Gasteiger partial charge in [0.25, 0.3) is 0 Å². The van der Waals surface area contributed by atoms with Gasteiger partial charge in [-0.2, -0.15) is 0 Å². The maximum absolute atomic E-state index is 6.43. The Bertz CT molecular complexity index is 449. The third-order valence-corrected chi connectivity index (χ3v) is 4.58. The molecule has 112 valence electrons. The average molecular weight is 296 g/mol. The minimum Gasteiger partial charge on any atom is -0.366 e. The summed E-state index contributed by atoms with van der Waals surface area (Å²) < 4.78 is 0. The van der Waals surface area contributed by atoms with Gasteiger partial charge in [-0.15, -0.1) is 0 Å². The number of hydrogen-bond donors (Lipinski definition) is 1. The first-order chi connectivity index (χ1) is 9.52. The molecule has 1 saturated heterocycles. The van der Waals surface area contributed by atoms with Gasteiger partial charge in [0.15, 0.2) is 0 Å². The van der Waals surface area contributed by atoms with Crippen LogP contribution in [0.4, 0.5) is 5.69 Å². The Morgan fingerprint density at radius 1 is 1.40 bits per heavy atom. The standard InChI is InChI=1S/C16H26ClN3/c1-4-13(18)10-14-15(17)6-5-7-16(14)20-9-8-19(3)11-12(20)2/h5-7,12-13H,4,8-11,18H2,1-3H3. The van der Waals surface area contributed by atoms with Crippen LogP contribution in [0.3, 0.4) is 0 Å². The van der Waals surface area contributed by atoms with Gasteiger partial charge in [0.1, 0.15) is 0 Å². The predicted octanol–water partition coefficient (Wildman–Crippen LogP) is 2.76. The minimum atomic E-state index is 0.177. The zero-order valence-electron chi connectivity index (χ0n) is 12.8. The highest BCUT2D eigenvalue weighted by Gasteiger charge is 2.24. The van der Waals surface area contributed by atoms with Gasteiger partial charge < -0.3 is 15.5 Å². The predicted molar refractivity (Wildman–Crippen MR) is 87.7 cm³/mol. The quantitative estimate of drug-likeness (QED) is 0.927. The van der Waals surface area contributed by atoms with Crippen LogP contribution in [-0.4, -0.2) is 43.7 Å². The first-order valence-corrected chi connectivity index (χ1v) is 7.88. The van der Waals surface area contributed by atoms with Gasteiger partial charge in [0.2, 0.25) is 0 Å². The summed E-state index contributed by atoms with van der Waals surface area (Å²) in [7, 11) is 2.18. The third kappa shape index (κ3) is 3.46. The normalized spacial score (nSPS) is 22.1. The van der Waals surface area contributed by atoms with Crippen LogP contribution in [0.2, 0.25) is 5.02 Å². The number of rotatable bonds is 4. The average Bonchev–Trinajstić information content (AvgIpc) is 2.41. The number of likely N-dealkylation sites (N-methyl/N-ethyl adjacent to an activating group) is 1. The molecule has 4 heteroatoms. The molecule has 20 heavy (non-hydrogen) atoms. The summed E-state index contributed by atoms with van der Waals surface area (Å²) in [5.41, 5.74) is 8.62. The van der Waals surface area contributed by atoms with Gasteiger partial charge in [-0.3, -0.25) is 0 Å². The van der Waals surface area contributed by atoms with Crippen LogP contribution in [0, 0.1) is 0 Å². The van der Waals surface area contributed by atoms with Crippen molar-refractivity contribution in [2.24, 2.45) is 5.73 Å². The molecule has 2 N–H and O–H groups in total. The SMILES string of the molecule is CCC(N)Cc1c(Cl)cccc1N1CCN(C)CC1C. The molecule has 1 heterocycles. The van der Waals surface area contributed by atoms with Gasteiger partial charge in [-0.25, -0.2) is 0 Å². The summed E-state index contributed by atoms with van der Waals surface area (Å²) in [6.07, 6.45) is 1.83. The van der Waals surface area contributed by atoms with Crippen LogP contribution in [0.25, 0.3) is 0 Å². The van der Waals surface area contributed by atoms with Crippen LogP contribution in [-0.2, 0) is 6.42 Å². The minimum absolute atomic E-state index is 0.177. The third-order valence-electron chi connectivity index (χ3n) is 4.22. The Morgan fingerprint density at radius 2 is 2.15 bits per heavy atom. The molecular formula is C16H26ClN3. The molecule has 0 spiro atoms. The molecule has 2 unspecified atom stereocenters. The number of nitrogens with zero attached hydrogens (tertiary/aromatic N) is 2. The fraction of sp³-hybridized carbons (Fsp3) is 0.625. The Morgan fingerprint density at radius 3 is 2.80 bits per heavy atom. The summed E-state index contributed by atoms with van der Waals surface area (Å²) in [6, 6.07) is 6.89. The first-order valence-electron chi connectivity index (χ1n) is 7.51. The Labute approximate surface area is 127 Å². The molecule has 1 aliphatic rings. The van der Waals surface area contributed by atoms with Crippen molar-refractivity contribution in [3.63, 3.8) is 0 Å². The van der Waals surface area contributed by atoms with E-state index in [0.717, 1.165) is 37.5 Å². The Balaban J connectivity index is 2.28. The van der Waals surface area contributed by atoms with Crippen LogP contribution in [0.1, 0.15) is 25.8 Å². The lowest BCUT2D eigenvalue weighted by molar-refractivity contribution is 0.275. The molecule has 2 atom stereocenters. The van der Waals surface area contributed by atoms with Crippen molar-refractivity contribution < 1.29 is 0 Å². The molecule has 1 aromatic carbocycles. The molecule has 3 nitrogen and oxygen atoms in total. The first kappa shape index (κ1) is 15.6. The van der Waals surface area contributed by atoms with Crippen LogP contribution in [0.5, 0.6) is 0 Å². The summed E-state index contributed by atoms with van der Waals surface area (Å²) in [5.74, 6) is 0. The molecule has 0 saturated carbocycles. The van der Waals surface area contributed by atoms with E-state index in [2.05, 4.69) is 36.8 Å². The maximum atomic E-state index is 6.43. The van der Waals surface area contributed by atoms with E-state index in [1.165, 1.54) is 11.3 Å². The summed E-state index contributed by atoms with van der Waals surface area (Å²) in [4.78, 5) is 4.85. The molecule has 0 bridgehead atoms. The highest BCUT2D eigenvalue weighted by atomic mass is 35.5. The van der Waals surface area contributed by atoms with Gasteiger partial charge in [-0.1, -0.05) is 24.6 Å². The van der Waals surface area contributed by atoms with Gasteiger partial charge in [0, 0.05) is 42.4 Å². The van der Waals surface area contributed by atoms with Gasteiger partial charge in [0.05, 0.1) is 0 Å². The second kappa shape index (κ2) is 6.79. The molecule has 0 aromatic heterocycles. The van der Waals surface area contributed by atoms with E-state index in [1.54, 1.807) is 0 Å². The highest BCUT2D eigenvalue weighted by molar-refractivity contribution is 6.31. The zero-order valence-corrected chi connectivity index (χ0v) is 13.5. The van der Waals surface area contributed by atoms with E-state index < -0.39 is 0 Å². The van der Waals surface area contributed by atoms with E-state index in [9.17, 15) is 0 Å². The highest BCUT2D eigenvalue weighted by Crippen LogP contribution is 2.31. The number of halogens is 1. The lowest BCUT2D eigenvalue weighted by Crippen LogP contribution is -2.51. The van der Waals surface area contributed by atoms with Crippen LogP contribution in [0.15, 0.2) is 18.2 Å². The number of anilines is 1. The second-order valence-electron chi connectivity index (χ2n) is 5.91. The number of hydrogen-bond acceptors (Lipinski definition) is 3. The summed E-state index contributed by atoms with van der Waals surface area (Å²) in [6.45, 7) is 7.63. The number of nitrogens with two attached hydrogens (primary N) is 1. The van der Waals surface area contributed by atoms with Gasteiger partial charge in [-0.05, 0) is 44.5 Å². The van der Waals surface area contributed by atoms with Crippen LogP contribution >= 0.6 is 11.6 Å². The van der Waals surface area contributed by atoms with E-state index >= 15 is 0 Å². The van der Waals surface area contributed by atoms with Crippen molar-refractivity contribution in [3.05, 3.63) is 28.8 Å². The lowest BCUT2D eigenvalue weighted by atomic mass is 10.0. The number of piperazine rings is 1. The molecule has 1 aromatic rings. The Kier molecular flexibility index (Phi) is 5.30. The monoisotopic (exact) mass is 295 g/mol. The number of benzene rings is 1. The largest absolute Gasteiger partial charge is 0.366 e. The van der Waals surface area contributed by atoms with Crippen molar-refractivity contribution in [2.45, 2.75) is 38.8 Å². The maximum Gasteiger partial charge on any atom is 0.0459 e. The van der Waals surface area contributed by atoms with E-state index in [0.29, 0.717) is 6.04 Å². The van der Waals surface area contributed by atoms with Crippen molar-refractivity contribution in [3.8, 4) is 0 Å². The zero-order chi connectivity index (χ0) is 14.7. The van der Waals surface area contributed by atoms with Crippen molar-refractivity contribution >= 4 is 17.3 Å².